The average molecular weight is 315 g/mol. The fourth-order valence-electron chi connectivity index (χ4n) is 3.52. The third-order valence-corrected chi connectivity index (χ3v) is 5.49. The van der Waals surface area contributed by atoms with Crippen LogP contribution in [0.25, 0.3) is 4.96 Å². The molecule has 0 unspecified atom stereocenters. The molecule has 1 fully saturated rings. The van der Waals surface area contributed by atoms with Crippen molar-refractivity contribution in [2.45, 2.75) is 45.7 Å². The van der Waals surface area contributed by atoms with Gasteiger partial charge in [0.1, 0.15) is 0 Å². The van der Waals surface area contributed by atoms with Crippen LogP contribution in [0.5, 0.6) is 0 Å². The number of likely N-dealkylation sites (tertiary alicyclic amines) is 1. The average Bonchev–Trinajstić information content (AvgIpc) is 3.19. The largest absolute Gasteiger partial charge is 0.293 e. The van der Waals surface area contributed by atoms with Crippen LogP contribution in [0.2, 0.25) is 0 Å². The minimum Gasteiger partial charge on any atom is -0.293 e. The van der Waals surface area contributed by atoms with Gasteiger partial charge in [0.15, 0.2) is 4.96 Å². The fourth-order valence-corrected chi connectivity index (χ4v) is 4.30. The normalized spacial score (nSPS) is 20.0. The highest BCUT2D eigenvalue weighted by Gasteiger charge is 2.27. The Morgan fingerprint density at radius 1 is 1.36 bits per heavy atom. The molecule has 1 aliphatic rings. The lowest BCUT2D eigenvalue weighted by atomic mass is 9.97. The molecular weight excluding hydrogens is 294 g/mol. The summed E-state index contributed by atoms with van der Waals surface area (Å²) in [5, 5.41) is 9.55. The summed E-state index contributed by atoms with van der Waals surface area (Å²) in [5.74, 6) is 0. The molecule has 0 saturated carbocycles. The summed E-state index contributed by atoms with van der Waals surface area (Å²) in [4.78, 5) is 8.36. The zero-order valence-electron chi connectivity index (χ0n) is 13.0. The number of rotatable bonds is 3. The number of piperidine rings is 1. The van der Waals surface area contributed by atoms with E-state index in [9.17, 15) is 0 Å². The van der Waals surface area contributed by atoms with Gasteiger partial charge in [0.25, 0.3) is 0 Å². The van der Waals surface area contributed by atoms with Gasteiger partial charge in [0, 0.05) is 18.1 Å². The Kier molecular flexibility index (Phi) is 3.50. The highest BCUT2D eigenvalue weighted by Crippen LogP contribution is 2.33. The van der Waals surface area contributed by atoms with E-state index in [4.69, 9.17) is 0 Å². The number of aromatic amines is 1. The van der Waals surface area contributed by atoms with E-state index in [0.717, 1.165) is 23.7 Å². The summed E-state index contributed by atoms with van der Waals surface area (Å²) in [6, 6.07) is 0.444. The molecule has 0 aromatic carbocycles. The molecule has 1 saturated heterocycles. The summed E-state index contributed by atoms with van der Waals surface area (Å²) in [5.41, 5.74) is 5.02. The molecule has 0 amide bonds. The summed E-state index contributed by atoms with van der Waals surface area (Å²) in [6.07, 6.45) is 7.83. The molecule has 5 nitrogen and oxygen atoms in total. The number of nitrogens with zero attached hydrogens (tertiary/aromatic N) is 4. The molecule has 0 spiro atoms. The van der Waals surface area contributed by atoms with Gasteiger partial charge in [-0.15, -0.1) is 11.3 Å². The standard InChI is InChI=1S/C16H21N5S/c1-11-9-17-19-15(11)13-5-3-4-6-20(13)10-14-12(2)18-16-21(14)7-8-22-16/h7-9,13H,3-6,10H2,1-2H3,(H,17,19)/t13-/m1/s1. The molecule has 1 aliphatic heterocycles. The van der Waals surface area contributed by atoms with Gasteiger partial charge in [0.2, 0.25) is 0 Å². The molecule has 0 bridgehead atoms. The number of fused-ring (bicyclic) bond motifs is 1. The minimum absolute atomic E-state index is 0.444. The van der Waals surface area contributed by atoms with Crippen LogP contribution < -0.4 is 0 Å². The lowest BCUT2D eigenvalue weighted by Crippen LogP contribution is -2.34. The Morgan fingerprint density at radius 3 is 3.09 bits per heavy atom. The van der Waals surface area contributed by atoms with E-state index in [-0.39, 0.29) is 0 Å². The topological polar surface area (TPSA) is 49.2 Å². The Labute approximate surface area is 134 Å². The van der Waals surface area contributed by atoms with E-state index < -0.39 is 0 Å². The maximum atomic E-state index is 4.68. The van der Waals surface area contributed by atoms with Gasteiger partial charge in [-0.05, 0) is 38.8 Å². The Balaban J connectivity index is 1.66. The smallest absolute Gasteiger partial charge is 0.194 e. The molecule has 22 heavy (non-hydrogen) atoms. The van der Waals surface area contributed by atoms with Crippen LogP contribution >= 0.6 is 11.3 Å². The van der Waals surface area contributed by atoms with Crippen LogP contribution in [-0.4, -0.2) is 31.0 Å². The van der Waals surface area contributed by atoms with Crippen molar-refractivity contribution >= 4 is 16.3 Å². The number of hydrogen-bond acceptors (Lipinski definition) is 4. The van der Waals surface area contributed by atoms with Crippen LogP contribution in [0.3, 0.4) is 0 Å². The third kappa shape index (κ3) is 2.27. The molecule has 0 aliphatic carbocycles. The predicted molar refractivity (Wildman–Crippen MR) is 88.1 cm³/mol. The number of nitrogens with one attached hydrogen (secondary N) is 1. The maximum Gasteiger partial charge on any atom is 0.194 e. The van der Waals surface area contributed by atoms with Crippen molar-refractivity contribution < 1.29 is 0 Å². The van der Waals surface area contributed by atoms with Crippen molar-refractivity contribution in [2.75, 3.05) is 6.54 Å². The van der Waals surface area contributed by atoms with Gasteiger partial charge in [-0.2, -0.15) is 5.10 Å². The van der Waals surface area contributed by atoms with E-state index in [2.05, 4.69) is 49.9 Å². The van der Waals surface area contributed by atoms with Gasteiger partial charge in [-0.3, -0.25) is 14.4 Å². The SMILES string of the molecule is Cc1cn[nH]c1[C@H]1CCCCN1Cc1c(C)nc2sccn12. The second-order valence-electron chi connectivity index (χ2n) is 6.15. The Hall–Kier alpha value is -1.66. The molecule has 4 heterocycles. The number of aromatic nitrogens is 4. The van der Waals surface area contributed by atoms with E-state index in [1.54, 1.807) is 11.3 Å². The maximum absolute atomic E-state index is 4.68. The number of H-pyrrole nitrogens is 1. The van der Waals surface area contributed by atoms with Crippen LogP contribution in [-0.2, 0) is 6.54 Å². The van der Waals surface area contributed by atoms with Crippen molar-refractivity contribution in [3.8, 4) is 0 Å². The van der Waals surface area contributed by atoms with Gasteiger partial charge in [0.05, 0.1) is 29.3 Å². The van der Waals surface area contributed by atoms with Gasteiger partial charge < -0.3 is 0 Å². The molecule has 1 atom stereocenters. The predicted octanol–water partition coefficient (Wildman–Crippen LogP) is 3.46. The second kappa shape index (κ2) is 5.52. The molecule has 1 N–H and O–H groups in total. The fraction of sp³-hybridized carbons (Fsp3) is 0.500. The van der Waals surface area contributed by atoms with E-state index >= 15 is 0 Å². The third-order valence-electron chi connectivity index (χ3n) is 4.73. The number of thiazole rings is 1. The van der Waals surface area contributed by atoms with Crippen LogP contribution in [0.1, 0.15) is 47.9 Å². The molecule has 3 aromatic heterocycles. The van der Waals surface area contributed by atoms with E-state index in [1.807, 2.05) is 6.20 Å². The lowest BCUT2D eigenvalue weighted by molar-refractivity contribution is 0.134. The second-order valence-corrected chi connectivity index (χ2v) is 7.02. The first-order valence-corrected chi connectivity index (χ1v) is 8.77. The molecule has 4 rings (SSSR count). The quantitative estimate of drug-likeness (QED) is 0.805. The first kappa shape index (κ1) is 14.0. The van der Waals surface area contributed by atoms with E-state index in [0.29, 0.717) is 6.04 Å². The van der Waals surface area contributed by atoms with Gasteiger partial charge in [-0.25, -0.2) is 4.98 Å². The van der Waals surface area contributed by atoms with Crippen LogP contribution in [0, 0.1) is 13.8 Å². The van der Waals surface area contributed by atoms with Crippen molar-refractivity contribution in [2.24, 2.45) is 0 Å². The zero-order chi connectivity index (χ0) is 15.1. The highest BCUT2D eigenvalue weighted by atomic mass is 32.1. The first-order valence-electron chi connectivity index (χ1n) is 7.89. The molecular formula is C16H21N5S. The molecule has 116 valence electrons. The molecule has 6 heteroatoms. The minimum atomic E-state index is 0.444. The van der Waals surface area contributed by atoms with Gasteiger partial charge >= 0.3 is 0 Å². The number of aryl methyl sites for hydroxylation is 2. The lowest BCUT2D eigenvalue weighted by Gasteiger charge is -2.35. The Bertz CT molecular complexity index is 784. The first-order chi connectivity index (χ1) is 10.7. The molecule has 3 aromatic rings. The van der Waals surface area contributed by atoms with Crippen LogP contribution in [0.15, 0.2) is 17.8 Å². The summed E-state index contributed by atoms with van der Waals surface area (Å²) >= 11 is 1.70. The van der Waals surface area contributed by atoms with Crippen molar-refractivity contribution in [1.29, 1.82) is 0 Å². The van der Waals surface area contributed by atoms with Crippen molar-refractivity contribution in [1.82, 2.24) is 24.5 Å². The number of imidazole rings is 1. The zero-order valence-corrected chi connectivity index (χ0v) is 13.9. The summed E-state index contributed by atoms with van der Waals surface area (Å²) < 4.78 is 2.24. The van der Waals surface area contributed by atoms with E-state index in [1.165, 1.54) is 36.2 Å². The van der Waals surface area contributed by atoms with Crippen molar-refractivity contribution in [3.05, 3.63) is 40.4 Å². The van der Waals surface area contributed by atoms with Crippen LogP contribution in [0.4, 0.5) is 0 Å². The van der Waals surface area contributed by atoms with Crippen molar-refractivity contribution in [3.63, 3.8) is 0 Å². The molecule has 0 radical (unpaired) electrons. The summed E-state index contributed by atoms with van der Waals surface area (Å²) in [7, 11) is 0. The van der Waals surface area contributed by atoms with Gasteiger partial charge in [-0.1, -0.05) is 6.42 Å². The summed E-state index contributed by atoms with van der Waals surface area (Å²) in [6.45, 7) is 6.36. The Morgan fingerprint density at radius 2 is 2.27 bits per heavy atom. The highest BCUT2D eigenvalue weighted by molar-refractivity contribution is 7.15. The number of hydrogen-bond donors (Lipinski definition) is 1. The monoisotopic (exact) mass is 315 g/mol.